The van der Waals surface area contributed by atoms with Crippen LogP contribution in [0.2, 0.25) is 0 Å². The molecule has 1 unspecified atom stereocenters. The summed E-state index contributed by atoms with van der Waals surface area (Å²) in [5.41, 5.74) is 3.92. The van der Waals surface area contributed by atoms with Gasteiger partial charge in [0, 0.05) is 36.5 Å². The fraction of sp³-hybridized carbons (Fsp3) is 0.435. The Hall–Kier alpha value is -3.87. The minimum absolute atomic E-state index is 0.0836. The van der Waals surface area contributed by atoms with Gasteiger partial charge in [0.05, 0.1) is 17.6 Å². The van der Waals surface area contributed by atoms with E-state index in [2.05, 4.69) is 31.9 Å². The normalized spacial score (nSPS) is 19.2. The van der Waals surface area contributed by atoms with Crippen LogP contribution in [0.5, 0.6) is 0 Å². The van der Waals surface area contributed by atoms with Crippen molar-refractivity contribution < 1.29 is 14.2 Å². The number of nitrogens with one attached hydrogen (secondary N) is 2. The molecule has 2 aromatic heterocycles. The van der Waals surface area contributed by atoms with Crippen LogP contribution < -0.4 is 5.32 Å². The number of aromatic amines is 1. The number of hydrogen-bond acceptors (Lipinski definition) is 8. The number of nitrogens with zero attached hydrogens (tertiary/aromatic N) is 5. The number of benzene rings is 1. The Kier molecular flexibility index (Phi) is 5.04. The number of piperidine rings is 1. The van der Waals surface area contributed by atoms with Crippen LogP contribution in [-0.2, 0) is 4.74 Å². The maximum absolute atomic E-state index is 12.5. The molecule has 10 nitrogen and oxygen atoms in total. The van der Waals surface area contributed by atoms with E-state index in [0.717, 1.165) is 29.7 Å². The van der Waals surface area contributed by atoms with Gasteiger partial charge in [-0.15, -0.1) is 0 Å². The average Bonchev–Trinajstić information content (AvgIpc) is 3.46. The van der Waals surface area contributed by atoms with E-state index in [-0.39, 0.29) is 17.9 Å². The Balaban J connectivity index is 1.47. The maximum atomic E-state index is 12.5. The van der Waals surface area contributed by atoms with Crippen molar-refractivity contribution in [3.8, 4) is 6.07 Å². The van der Waals surface area contributed by atoms with Crippen LogP contribution in [0.4, 0.5) is 10.6 Å². The molecule has 1 saturated heterocycles. The Labute approximate surface area is 190 Å². The van der Waals surface area contributed by atoms with Crippen LogP contribution >= 0.6 is 0 Å². The van der Waals surface area contributed by atoms with Gasteiger partial charge in [-0.3, -0.25) is 5.10 Å². The Morgan fingerprint density at radius 2 is 2.03 bits per heavy atom. The van der Waals surface area contributed by atoms with Crippen LogP contribution in [0, 0.1) is 17.2 Å². The Bertz CT molecular complexity index is 1270. The van der Waals surface area contributed by atoms with Crippen LogP contribution in [0.25, 0.3) is 11.0 Å². The number of anilines is 1. The molecule has 1 fully saturated rings. The summed E-state index contributed by atoms with van der Waals surface area (Å²) in [5.74, 6) is 0.428. The van der Waals surface area contributed by atoms with Crippen molar-refractivity contribution in [3.63, 3.8) is 0 Å². The largest absolute Gasteiger partial charge is 0.444 e. The van der Waals surface area contributed by atoms with E-state index in [4.69, 9.17) is 9.37 Å². The van der Waals surface area contributed by atoms with Crippen molar-refractivity contribution in [2.45, 2.75) is 45.1 Å². The minimum atomic E-state index is -0.532. The predicted octanol–water partition coefficient (Wildman–Crippen LogP) is 3.93. The van der Waals surface area contributed by atoms with Gasteiger partial charge in [0.15, 0.2) is 5.82 Å². The summed E-state index contributed by atoms with van der Waals surface area (Å²) in [5, 5.41) is 29.0. The Morgan fingerprint density at radius 1 is 1.24 bits per heavy atom. The quantitative estimate of drug-likeness (QED) is 0.604. The molecular weight excluding hydrogens is 422 g/mol. The van der Waals surface area contributed by atoms with Crippen molar-refractivity contribution in [3.05, 3.63) is 46.8 Å². The number of fused-ring (bicyclic) bond motifs is 2. The number of H-pyrrole nitrogens is 1. The Morgan fingerprint density at radius 3 is 2.76 bits per heavy atom. The number of amides is 1. The number of hydrogen-bond donors (Lipinski definition) is 2. The van der Waals surface area contributed by atoms with Gasteiger partial charge in [-0.05, 0) is 55.6 Å². The summed E-state index contributed by atoms with van der Waals surface area (Å²) < 4.78 is 10.5. The smallest absolute Gasteiger partial charge is 0.410 e. The molecule has 1 amide bonds. The lowest BCUT2D eigenvalue weighted by atomic mass is 9.78. The van der Waals surface area contributed by atoms with E-state index in [1.54, 1.807) is 11.1 Å². The van der Waals surface area contributed by atoms with Crippen molar-refractivity contribution >= 4 is 22.9 Å². The molecule has 0 spiro atoms. The average molecular weight is 447 g/mol. The SMILES string of the molecule is CC(C)(C)OC(=O)N1CCC(C2=C(C#N)C(c3cccc4nonc34)c3c[nH]nc3N2)CC1. The zero-order valence-corrected chi connectivity index (χ0v) is 18.8. The van der Waals surface area contributed by atoms with E-state index in [1.165, 1.54) is 0 Å². The summed E-state index contributed by atoms with van der Waals surface area (Å²) in [6.45, 7) is 6.70. The van der Waals surface area contributed by atoms with Gasteiger partial charge >= 0.3 is 6.09 Å². The molecular formula is C23H25N7O3. The van der Waals surface area contributed by atoms with Gasteiger partial charge in [0.1, 0.15) is 16.6 Å². The number of allylic oxidation sites excluding steroid dienone is 2. The fourth-order valence-corrected chi connectivity index (χ4v) is 4.63. The summed E-state index contributed by atoms with van der Waals surface area (Å²) >= 11 is 0. The first-order valence-corrected chi connectivity index (χ1v) is 11.0. The molecule has 2 aliphatic rings. The van der Waals surface area contributed by atoms with Gasteiger partial charge in [0.2, 0.25) is 0 Å². The first-order valence-electron chi connectivity index (χ1n) is 11.0. The van der Waals surface area contributed by atoms with E-state index in [9.17, 15) is 10.1 Å². The third kappa shape index (κ3) is 3.80. The lowest BCUT2D eigenvalue weighted by molar-refractivity contribution is 0.0194. The topological polar surface area (TPSA) is 133 Å². The third-order valence-electron chi connectivity index (χ3n) is 6.12. The first kappa shape index (κ1) is 21.0. The number of carbonyl (C=O) groups is 1. The van der Waals surface area contributed by atoms with E-state index in [0.29, 0.717) is 35.5 Å². The van der Waals surface area contributed by atoms with Crippen molar-refractivity contribution in [2.24, 2.45) is 5.92 Å². The predicted molar refractivity (Wildman–Crippen MR) is 119 cm³/mol. The zero-order valence-electron chi connectivity index (χ0n) is 18.8. The molecule has 0 bridgehead atoms. The summed E-state index contributed by atoms with van der Waals surface area (Å²) in [4.78, 5) is 14.2. The molecule has 4 heterocycles. The van der Waals surface area contributed by atoms with Crippen molar-refractivity contribution in [2.75, 3.05) is 18.4 Å². The van der Waals surface area contributed by atoms with E-state index in [1.807, 2.05) is 39.0 Å². The second kappa shape index (κ2) is 7.92. The molecule has 1 aromatic carbocycles. The number of likely N-dealkylation sites (tertiary alicyclic amines) is 1. The molecule has 3 aromatic rings. The van der Waals surface area contributed by atoms with Gasteiger partial charge in [-0.25, -0.2) is 9.42 Å². The third-order valence-corrected chi connectivity index (χ3v) is 6.12. The second-order valence-corrected chi connectivity index (χ2v) is 9.41. The highest BCUT2D eigenvalue weighted by Gasteiger charge is 2.37. The highest BCUT2D eigenvalue weighted by molar-refractivity contribution is 5.81. The molecule has 0 aliphatic carbocycles. The maximum Gasteiger partial charge on any atom is 0.410 e. The van der Waals surface area contributed by atoms with E-state index < -0.39 is 5.60 Å². The lowest BCUT2D eigenvalue weighted by Gasteiger charge is -2.36. The van der Waals surface area contributed by atoms with Crippen molar-refractivity contribution in [1.82, 2.24) is 25.4 Å². The summed E-state index contributed by atoms with van der Waals surface area (Å²) in [6, 6.07) is 8.10. The molecule has 2 N–H and O–H groups in total. The molecule has 0 saturated carbocycles. The number of rotatable bonds is 2. The molecule has 33 heavy (non-hydrogen) atoms. The molecule has 1 atom stereocenters. The first-order chi connectivity index (χ1) is 15.9. The fourth-order valence-electron chi connectivity index (χ4n) is 4.63. The van der Waals surface area contributed by atoms with Crippen LogP contribution in [-0.4, -0.2) is 50.2 Å². The van der Waals surface area contributed by atoms with Crippen LogP contribution in [0.15, 0.2) is 40.3 Å². The van der Waals surface area contributed by atoms with Crippen LogP contribution in [0.1, 0.15) is 50.7 Å². The lowest BCUT2D eigenvalue weighted by Crippen LogP contribution is -2.42. The highest BCUT2D eigenvalue weighted by Crippen LogP contribution is 2.45. The molecule has 170 valence electrons. The minimum Gasteiger partial charge on any atom is -0.444 e. The summed E-state index contributed by atoms with van der Waals surface area (Å²) in [6.07, 6.45) is 2.94. The van der Waals surface area contributed by atoms with E-state index >= 15 is 0 Å². The molecule has 2 aliphatic heterocycles. The number of ether oxygens (including phenoxy) is 1. The molecule has 5 rings (SSSR count). The zero-order chi connectivity index (χ0) is 23.2. The van der Waals surface area contributed by atoms with Crippen LogP contribution in [0.3, 0.4) is 0 Å². The molecule has 0 radical (unpaired) electrons. The van der Waals surface area contributed by atoms with Gasteiger partial charge < -0.3 is 15.0 Å². The number of nitriles is 1. The van der Waals surface area contributed by atoms with Gasteiger partial charge in [-0.2, -0.15) is 10.4 Å². The molecule has 10 heteroatoms. The number of aromatic nitrogens is 4. The highest BCUT2D eigenvalue weighted by atomic mass is 16.6. The summed E-state index contributed by atoms with van der Waals surface area (Å²) in [7, 11) is 0. The standard InChI is InChI=1S/C23H25N7O3/c1-23(2,3)32-22(31)30-9-7-13(8-10-30)19-15(11-24)18(16-12-25-27-21(16)26-19)14-5-4-6-17-20(14)29-33-28-17/h4-6,12-13,18H,7-10H2,1-3H3,(H2,25,26,27). The van der Waals surface area contributed by atoms with Gasteiger partial charge in [0.25, 0.3) is 0 Å². The number of carbonyl (C=O) groups excluding carboxylic acids is 1. The van der Waals surface area contributed by atoms with Gasteiger partial charge in [-0.1, -0.05) is 12.1 Å². The monoisotopic (exact) mass is 447 g/mol. The second-order valence-electron chi connectivity index (χ2n) is 9.41. The van der Waals surface area contributed by atoms with Crippen molar-refractivity contribution in [1.29, 1.82) is 5.26 Å².